The first kappa shape index (κ1) is 22.9. The molecule has 0 aromatic rings. The summed E-state index contributed by atoms with van der Waals surface area (Å²) in [6, 6.07) is 0. The number of rotatable bonds is 4. The van der Waals surface area contributed by atoms with Crippen LogP contribution in [0, 0.1) is 0 Å². The molecule has 0 aliphatic heterocycles. The van der Waals surface area contributed by atoms with Crippen LogP contribution < -0.4 is 59.1 Å². The second kappa shape index (κ2) is 8.02. The molecule has 0 fully saturated rings. The average molecular weight is 297 g/mol. The molecule has 0 saturated carbocycles. The summed E-state index contributed by atoms with van der Waals surface area (Å²) >= 11 is 0. The van der Waals surface area contributed by atoms with E-state index in [1.54, 1.807) is 0 Å². The van der Waals surface area contributed by atoms with Crippen molar-refractivity contribution in [2.45, 2.75) is 24.6 Å². The van der Waals surface area contributed by atoms with Gasteiger partial charge in [-0.05, 0) is 13.8 Å². The molecule has 0 heterocycles. The van der Waals surface area contributed by atoms with Crippen molar-refractivity contribution in [1.29, 1.82) is 0 Å². The Hall–Kier alpha value is 1.74. The molecule has 0 aliphatic carbocycles. The third-order valence-corrected chi connectivity index (χ3v) is 3.76. The van der Waals surface area contributed by atoms with Crippen LogP contribution in [0.2, 0.25) is 0 Å². The molecule has 0 amide bonds. The minimum absolute atomic E-state index is 0. The third kappa shape index (κ3) is 7.24. The summed E-state index contributed by atoms with van der Waals surface area (Å²) < 4.78 is 58.9. The normalized spacial score (nSPS) is 15.9. The molecule has 0 rings (SSSR count). The van der Waals surface area contributed by atoms with Gasteiger partial charge in [0.1, 0.15) is 0 Å². The molecule has 0 aromatic carbocycles. The molecule has 0 aromatic heterocycles. The van der Waals surface area contributed by atoms with E-state index in [0.717, 1.165) is 13.8 Å². The zero-order valence-electron chi connectivity index (χ0n) is 11.4. The van der Waals surface area contributed by atoms with Crippen molar-refractivity contribution < 1.29 is 93.1 Å². The SMILES string of the molecule is CC(N(O)C(C)S(=O)(=O)O)S(=O)(=O)O.[H-].[H-].[Na+].[Na+]. The monoisotopic (exact) mass is 297 g/mol. The molecule has 16 heavy (non-hydrogen) atoms. The van der Waals surface area contributed by atoms with E-state index in [1.807, 2.05) is 0 Å². The summed E-state index contributed by atoms with van der Waals surface area (Å²) in [5, 5.41) is 5.14. The van der Waals surface area contributed by atoms with E-state index in [1.165, 1.54) is 0 Å². The van der Waals surface area contributed by atoms with Gasteiger partial charge in [-0.1, -0.05) is 0 Å². The Balaban J connectivity index is -0.000000141. The van der Waals surface area contributed by atoms with Crippen LogP contribution in [-0.2, 0) is 20.2 Å². The molecule has 0 radical (unpaired) electrons. The van der Waals surface area contributed by atoms with Gasteiger partial charge >= 0.3 is 59.1 Å². The van der Waals surface area contributed by atoms with E-state index in [9.17, 15) is 16.8 Å². The third-order valence-electron chi connectivity index (χ3n) is 1.61. The van der Waals surface area contributed by atoms with Crippen molar-refractivity contribution in [3.63, 3.8) is 0 Å². The second-order valence-corrected chi connectivity index (χ2v) is 6.03. The fourth-order valence-electron chi connectivity index (χ4n) is 0.569. The van der Waals surface area contributed by atoms with Gasteiger partial charge in [-0.15, -0.1) is 0 Å². The summed E-state index contributed by atoms with van der Waals surface area (Å²) in [7, 11) is -9.21. The van der Waals surface area contributed by atoms with E-state index in [4.69, 9.17) is 14.3 Å². The average Bonchev–Trinajstić information content (AvgIpc) is 1.97. The van der Waals surface area contributed by atoms with Gasteiger partial charge < -0.3 is 8.06 Å². The van der Waals surface area contributed by atoms with Crippen molar-refractivity contribution in [2.75, 3.05) is 0 Å². The molecule has 0 bridgehead atoms. The summed E-state index contributed by atoms with van der Waals surface area (Å²) in [5.41, 5.74) is 0. The van der Waals surface area contributed by atoms with Crippen LogP contribution in [0.25, 0.3) is 0 Å². The van der Waals surface area contributed by atoms with Crippen molar-refractivity contribution in [1.82, 2.24) is 5.06 Å². The molecular formula is C4H13NNa2O7S2. The number of hydrogen-bond donors (Lipinski definition) is 3. The standard InChI is InChI=1S/C4H11NO7S2.2Na.2H/c1-3(13(7,8)9)5(6)4(2)14(10,11)12;;;;/h3-4,6H,1-2H3,(H,7,8,9)(H,10,11,12);;;;/q;2*+1;2*-1. The minimum Gasteiger partial charge on any atom is -1.00 e. The maximum atomic E-state index is 10.5. The summed E-state index contributed by atoms with van der Waals surface area (Å²) in [6.07, 6.45) is 0. The zero-order valence-corrected chi connectivity index (χ0v) is 15.0. The van der Waals surface area contributed by atoms with Gasteiger partial charge in [0.15, 0.2) is 10.7 Å². The molecule has 12 heteroatoms. The van der Waals surface area contributed by atoms with Crippen molar-refractivity contribution in [2.24, 2.45) is 0 Å². The predicted molar refractivity (Wildman–Crippen MR) is 47.9 cm³/mol. The Morgan fingerprint density at radius 1 is 0.938 bits per heavy atom. The van der Waals surface area contributed by atoms with Gasteiger partial charge in [-0.2, -0.15) is 21.9 Å². The van der Waals surface area contributed by atoms with E-state index < -0.39 is 31.0 Å². The molecule has 90 valence electrons. The predicted octanol–water partition coefficient (Wildman–Crippen LogP) is -6.62. The van der Waals surface area contributed by atoms with Crippen LogP contribution in [-0.4, -0.2) is 47.0 Å². The van der Waals surface area contributed by atoms with Gasteiger partial charge in [0.25, 0.3) is 20.2 Å². The first-order chi connectivity index (χ1) is 5.98. The molecule has 0 saturated heterocycles. The van der Waals surface area contributed by atoms with E-state index in [0.29, 0.717) is 0 Å². The van der Waals surface area contributed by atoms with Crippen molar-refractivity contribution in [3.05, 3.63) is 0 Å². The van der Waals surface area contributed by atoms with Crippen LogP contribution in [0.5, 0.6) is 0 Å². The topological polar surface area (TPSA) is 132 Å². The molecule has 8 nitrogen and oxygen atoms in total. The van der Waals surface area contributed by atoms with Crippen molar-refractivity contribution >= 4 is 20.2 Å². The molecule has 0 spiro atoms. The number of hydrogen-bond acceptors (Lipinski definition) is 6. The molecule has 2 unspecified atom stereocenters. The van der Waals surface area contributed by atoms with Crippen LogP contribution >= 0.6 is 0 Å². The Bertz CT molecular complexity index is 364. The summed E-state index contributed by atoms with van der Waals surface area (Å²) in [5.74, 6) is 0. The number of hydroxylamine groups is 2. The molecular weight excluding hydrogens is 284 g/mol. The maximum Gasteiger partial charge on any atom is 1.00 e. The zero-order chi connectivity index (χ0) is 11.7. The Labute approximate surface area is 141 Å². The smallest absolute Gasteiger partial charge is 1.00 e. The van der Waals surface area contributed by atoms with E-state index >= 15 is 0 Å². The Morgan fingerprint density at radius 2 is 1.12 bits per heavy atom. The van der Waals surface area contributed by atoms with E-state index in [2.05, 4.69) is 0 Å². The van der Waals surface area contributed by atoms with Crippen LogP contribution in [0.3, 0.4) is 0 Å². The fourth-order valence-corrected chi connectivity index (χ4v) is 1.56. The first-order valence-electron chi connectivity index (χ1n) is 3.37. The Kier molecular flexibility index (Phi) is 11.5. The molecule has 0 aliphatic rings. The van der Waals surface area contributed by atoms with Gasteiger partial charge in [0, 0.05) is 0 Å². The quantitative estimate of drug-likeness (QED) is 0.265. The van der Waals surface area contributed by atoms with Gasteiger partial charge in [0.05, 0.1) is 0 Å². The van der Waals surface area contributed by atoms with Gasteiger partial charge in [0.2, 0.25) is 0 Å². The second-order valence-electron chi connectivity index (χ2n) is 2.61. The van der Waals surface area contributed by atoms with Crippen LogP contribution in [0.15, 0.2) is 0 Å². The van der Waals surface area contributed by atoms with Crippen LogP contribution in [0.1, 0.15) is 16.7 Å². The summed E-state index contributed by atoms with van der Waals surface area (Å²) in [6.45, 7) is 1.72. The minimum atomic E-state index is -4.61. The first-order valence-corrected chi connectivity index (χ1v) is 6.38. The van der Waals surface area contributed by atoms with E-state index in [-0.39, 0.29) is 67.0 Å². The Morgan fingerprint density at radius 3 is 1.25 bits per heavy atom. The molecule has 2 atom stereocenters. The summed E-state index contributed by atoms with van der Waals surface area (Å²) in [4.78, 5) is 0. The largest absolute Gasteiger partial charge is 1.00 e. The van der Waals surface area contributed by atoms with Crippen LogP contribution in [0.4, 0.5) is 0 Å². The van der Waals surface area contributed by atoms with Crippen molar-refractivity contribution in [3.8, 4) is 0 Å². The fraction of sp³-hybridized carbons (Fsp3) is 1.00. The number of nitrogens with zero attached hydrogens (tertiary/aromatic N) is 1. The molecule has 3 N–H and O–H groups in total. The van der Waals surface area contributed by atoms with Gasteiger partial charge in [-0.3, -0.25) is 9.11 Å². The maximum absolute atomic E-state index is 10.5. The van der Waals surface area contributed by atoms with Gasteiger partial charge in [-0.25, -0.2) is 0 Å².